The Morgan fingerprint density at radius 2 is 0.790 bits per heavy atom. The molecule has 10 aromatic carbocycles. The highest BCUT2D eigenvalue weighted by molar-refractivity contribution is 6.26. The Morgan fingerprint density at radius 1 is 0.371 bits per heavy atom. The third-order valence-corrected chi connectivity index (χ3v) is 13.7. The third-order valence-electron chi connectivity index (χ3n) is 13.7. The van der Waals surface area contributed by atoms with Crippen LogP contribution in [0.5, 0.6) is 0 Å². The molecule has 62 heavy (non-hydrogen) atoms. The van der Waals surface area contributed by atoms with Crippen molar-refractivity contribution in [1.29, 1.82) is 0 Å². The number of aromatic nitrogens is 2. The summed E-state index contributed by atoms with van der Waals surface area (Å²) in [6.45, 7) is 0. The summed E-state index contributed by atoms with van der Waals surface area (Å²) in [5.41, 5.74) is 17.0. The highest BCUT2D eigenvalue weighted by Crippen LogP contribution is 2.71. The number of rotatable bonds is 6. The minimum atomic E-state index is -0.344. The molecular formula is C58H36N4. The Kier molecular flexibility index (Phi) is 6.79. The maximum absolute atomic E-state index is 5.79. The van der Waals surface area contributed by atoms with Crippen LogP contribution in [-0.2, 0) is 5.41 Å². The second-order valence-electron chi connectivity index (χ2n) is 16.8. The minimum Gasteiger partial charge on any atom is -0.309 e. The third kappa shape index (κ3) is 4.45. The van der Waals surface area contributed by atoms with E-state index in [0.717, 1.165) is 78.1 Å². The number of benzene rings is 10. The molecule has 288 valence electrons. The van der Waals surface area contributed by atoms with Gasteiger partial charge in [0.1, 0.15) is 0 Å². The van der Waals surface area contributed by atoms with Crippen molar-refractivity contribution in [1.82, 2.24) is 9.97 Å². The standard InChI is InChI=1S/C58H36N4/c1-5-20-38(21-6-1)61(39-22-7-2-8-23-39)55-44-32-36-18-13-14-19-37(36)33-45(44)56(62(40-24-9-3-10-25-40)41-26-11-4-12-27-41)47-35-51-50(34-46(47)55)59-54-52-42-28-15-16-30-48(42)58(57(54)60-51)49-31-17-29-43(52)53(49)58/h1-35,52H. The molecule has 4 nitrogen and oxygen atoms in total. The van der Waals surface area contributed by atoms with E-state index in [2.05, 4.69) is 222 Å². The summed E-state index contributed by atoms with van der Waals surface area (Å²) >= 11 is 0. The highest BCUT2D eigenvalue weighted by atomic mass is 15.2. The summed E-state index contributed by atoms with van der Waals surface area (Å²) in [6, 6.07) is 77.2. The second-order valence-corrected chi connectivity index (χ2v) is 16.8. The fraction of sp³-hybridized carbons (Fsp3) is 0.0345. The van der Waals surface area contributed by atoms with E-state index in [-0.39, 0.29) is 11.3 Å². The first-order chi connectivity index (χ1) is 30.8. The Hall–Kier alpha value is -8.08. The van der Waals surface area contributed by atoms with E-state index < -0.39 is 0 Å². The lowest BCUT2D eigenvalue weighted by molar-refractivity contribution is 0.695. The van der Waals surface area contributed by atoms with Crippen LogP contribution < -0.4 is 9.80 Å². The van der Waals surface area contributed by atoms with Crippen LogP contribution in [0.2, 0.25) is 0 Å². The number of anilines is 6. The second kappa shape index (κ2) is 12.5. The van der Waals surface area contributed by atoms with Gasteiger partial charge >= 0.3 is 0 Å². The number of hydrogen-bond acceptors (Lipinski definition) is 4. The topological polar surface area (TPSA) is 32.3 Å². The fourth-order valence-corrected chi connectivity index (χ4v) is 11.2. The Bertz CT molecular complexity index is 3570. The number of para-hydroxylation sites is 4. The zero-order valence-electron chi connectivity index (χ0n) is 33.6. The maximum Gasteiger partial charge on any atom is 0.0905 e. The summed E-state index contributed by atoms with van der Waals surface area (Å²) in [6.07, 6.45) is 0. The van der Waals surface area contributed by atoms with Crippen LogP contribution in [0.1, 0.15) is 45.1 Å². The highest BCUT2D eigenvalue weighted by Gasteiger charge is 2.65. The van der Waals surface area contributed by atoms with E-state index in [1.165, 1.54) is 38.6 Å². The summed E-state index contributed by atoms with van der Waals surface area (Å²) in [7, 11) is 0. The van der Waals surface area contributed by atoms with Gasteiger partial charge in [0.15, 0.2) is 0 Å². The van der Waals surface area contributed by atoms with Gasteiger partial charge in [-0.3, -0.25) is 0 Å². The van der Waals surface area contributed by atoms with Crippen LogP contribution in [0, 0.1) is 0 Å². The van der Waals surface area contributed by atoms with Crippen molar-refractivity contribution < 1.29 is 0 Å². The van der Waals surface area contributed by atoms with E-state index in [1.807, 2.05) is 0 Å². The molecule has 0 N–H and O–H groups in total. The van der Waals surface area contributed by atoms with E-state index in [1.54, 1.807) is 0 Å². The number of nitrogens with zero attached hydrogens (tertiary/aromatic N) is 4. The van der Waals surface area contributed by atoms with Gasteiger partial charge in [0.2, 0.25) is 0 Å². The van der Waals surface area contributed by atoms with Gasteiger partial charge in [0.25, 0.3) is 0 Å². The molecular weight excluding hydrogens is 753 g/mol. The molecule has 0 amide bonds. The molecule has 2 bridgehead atoms. The summed E-state index contributed by atoms with van der Waals surface area (Å²) < 4.78 is 0. The molecule has 4 aliphatic rings. The first-order valence-electron chi connectivity index (χ1n) is 21.5. The van der Waals surface area contributed by atoms with Gasteiger partial charge in [-0.05, 0) is 111 Å². The minimum absolute atomic E-state index is 0.0444. The summed E-state index contributed by atoms with van der Waals surface area (Å²) in [5, 5.41) is 6.86. The predicted molar refractivity (Wildman–Crippen MR) is 254 cm³/mol. The van der Waals surface area contributed by atoms with E-state index in [0.29, 0.717) is 0 Å². The van der Waals surface area contributed by atoms with Crippen molar-refractivity contribution >= 4 is 77.5 Å². The van der Waals surface area contributed by atoms with Crippen molar-refractivity contribution in [3.63, 3.8) is 0 Å². The molecule has 0 saturated heterocycles. The Balaban J connectivity index is 1.17. The van der Waals surface area contributed by atoms with Gasteiger partial charge < -0.3 is 9.80 Å². The van der Waals surface area contributed by atoms with Gasteiger partial charge in [-0.2, -0.15) is 0 Å². The number of hydrogen-bond donors (Lipinski definition) is 0. The molecule has 1 aromatic heterocycles. The van der Waals surface area contributed by atoms with Gasteiger partial charge in [0.05, 0.1) is 45.1 Å². The first-order valence-corrected chi connectivity index (χ1v) is 21.5. The van der Waals surface area contributed by atoms with Crippen LogP contribution >= 0.6 is 0 Å². The number of fused-ring (bicyclic) bond motifs is 4. The average molecular weight is 789 g/mol. The van der Waals surface area contributed by atoms with Crippen molar-refractivity contribution in [2.45, 2.75) is 11.3 Å². The summed E-state index contributed by atoms with van der Waals surface area (Å²) in [4.78, 5) is 16.4. The fourth-order valence-electron chi connectivity index (χ4n) is 11.2. The molecule has 1 heterocycles. The molecule has 15 rings (SSSR count). The zero-order valence-corrected chi connectivity index (χ0v) is 33.6. The van der Waals surface area contributed by atoms with Gasteiger partial charge in [-0.15, -0.1) is 0 Å². The first kappa shape index (κ1) is 33.7. The Labute approximate surface area is 358 Å². The lowest BCUT2D eigenvalue weighted by atomic mass is 9.66. The molecule has 2 atom stereocenters. The van der Waals surface area contributed by atoms with Crippen LogP contribution in [0.15, 0.2) is 212 Å². The Morgan fingerprint density at radius 3 is 1.32 bits per heavy atom. The van der Waals surface area contributed by atoms with Crippen molar-refractivity contribution in [2.75, 3.05) is 9.80 Å². The molecule has 4 aliphatic carbocycles. The lowest BCUT2D eigenvalue weighted by Gasteiger charge is -2.38. The maximum atomic E-state index is 5.79. The molecule has 4 heteroatoms. The van der Waals surface area contributed by atoms with E-state index in [9.17, 15) is 0 Å². The molecule has 11 aromatic rings. The molecule has 1 spiro atoms. The van der Waals surface area contributed by atoms with Crippen LogP contribution in [0.25, 0.3) is 43.4 Å². The van der Waals surface area contributed by atoms with E-state index >= 15 is 0 Å². The summed E-state index contributed by atoms with van der Waals surface area (Å²) in [5.74, 6) is 0.0444. The molecule has 0 aliphatic heterocycles. The van der Waals surface area contributed by atoms with Gasteiger partial charge in [0, 0.05) is 44.3 Å². The SMILES string of the molecule is c1ccc(N(c2ccccc2)c2c3cc4ccccc4cc3c(N(c3ccccc3)c3ccccc3)c3cc4nc5c(nc4cc23)C2c3ccccc3C53c4cccc2c43)cc1. The van der Waals surface area contributed by atoms with Crippen LogP contribution in [-0.4, -0.2) is 9.97 Å². The van der Waals surface area contributed by atoms with Crippen LogP contribution in [0.3, 0.4) is 0 Å². The molecule has 0 saturated carbocycles. The van der Waals surface area contributed by atoms with Gasteiger partial charge in [-0.25, -0.2) is 9.97 Å². The molecule has 2 unspecified atom stereocenters. The smallest absolute Gasteiger partial charge is 0.0905 e. The molecule has 0 fully saturated rings. The van der Waals surface area contributed by atoms with Crippen molar-refractivity contribution in [3.05, 3.63) is 252 Å². The van der Waals surface area contributed by atoms with Crippen LogP contribution in [0.4, 0.5) is 34.1 Å². The predicted octanol–water partition coefficient (Wildman–Crippen LogP) is 14.5. The van der Waals surface area contributed by atoms with Crippen molar-refractivity contribution in [2.24, 2.45) is 0 Å². The van der Waals surface area contributed by atoms with E-state index in [4.69, 9.17) is 9.97 Å². The average Bonchev–Trinajstić information content (AvgIpc) is 4.03. The lowest BCUT2D eigenvalue weighted by Crippen LogP contribution is -2.32. The monoisotopic (exact) mass is 788 g/mol. The van der Waals surface area contributed by atoms with Crippen molar-refractivity contribution in [3.8, 4) is 0 Å². The largest absolute Gasteiger partial charge is 0.309 e. The normalized spacial score (nSPS) is 16.3. The zero-order chi connectivity index (χ0) is 40.5. The molecule has 0 radical (unpaired) electrons. The van der Waals surface area contributed by atoms with Gasteiger partial charge in [-0.1, -0.05) is 140 Å². The quantitative estimate of drug-likeness (QED) is 0.124.